The highest BCUT2D eigenvalue weighted by Gasteiger charge is 2.37. The van der Waals surface area contributed by atoms with Crippen LogP contribution in [-0.2, 0) is 14.4 Å². The van der Waals surface area contributed by atoms with E-state index in [1.54, 1.807) is 0 Å². The van der Waals surface area contributed by atoms with E-state index in [9.17, 15) is 24.6 Å². The van der Waals surface area contributed by atoms with Gasteiger partial charge in [-0.25, -0.2) is 0 Å². The number of hydrogen-bond acceptors (Lipinski definition) is 9. The van der Waals surface area contributed by atoms with Gasteiger partial charge in [-0.1, -0.05) is 21.6 Å². The molecule has 0 spiro atoms. The highest BCUT2D eigenvalue weighted by Crippen LogP contribution is 2.25. The average molecular weight is 373 g/mol. The Morgan fingerprint density at radius 2 is 1.71 bits per heavy atom. The fourth-order valence-corrected chi connectivity index (χ4v) is 4.03. The summed E-state index contributed by atoms with van der Waals surface area (Å²) in [6.45, 7) is 0. The highest BCUT2D eigenvalue weighted by molar-refractivity contribution is 8.76. The molecule has 0 bridgehead atoms. The molecular weight excluding hydrogens is 356 g/mol. The lowest BCUT2D eigenvalue weighted by molar-refractivity contribution is -0.177. The van der Waals surface area contributed by atoms with E-state index in [0.717, 1.165) is 21.6 Å². The Balaban J connectivity index is 2.92. The monoisotopic (exact) mass is 372 g/mol. The molecule has 1 rings (SSSR count). The van der Waals surface area contributed by atoms with Crippen molar-refractivity contribution in [2.24, 2.45) is 0 Å². The van der Waals surface area contributed by atoms with Gasteiger partial charge in [0, 0.05) is 11.5 Å². The van der Waals surface area contributed by atoms with Gasteiger partial charge >= 0.3 is 0 Å². The van der Waals surface area contributed by atoms with Crippen LogP contribution in [0.1, 0.15) is 0 Å². The van der Waals surface area contributed by atoms with E-state index in [0.29, 0.717) is 0 Å². The van der Waals surface area contributed by atoms with E-state index in [2.05, 4.69) is 35.9 Å². The number of rotatable bonds is 2. The van der Waals surface area contributed by atoms with Gasteiger partial charge in [-0.3, -0.25) is 14.4 Å². The summed E-state index contributed by atoms with van der Waals surface area (Å²) in [6.07, 6.45) is 0. The summed E-state index contributed by atoms with van der Waals surface area (Å²) in [6, 6.07) is -1.84. The van der Waals surface area contributed by atoms with Crippen LogP contribution in [0.3, 0.4) is 0 Å². The Hall–Kier alpha value is -0.0700. The van der Waals surface area contributed by atoms with Crippen molar-refractivity contribution in [1.82, 2.24) is 10.6 Å². The predicted octanol–water partition coefficient (Wildman–Crippen LogP) is -1.54. The first-order chi connectivity index (χ1) is 9.81. The van der Waals surface area contributed by atoms with E-state index in [4.69, 9.17) is 0 Å². The second-order valence-electron chi connectivity index (χ2n) is 4.26. The largest absolute Gasteiger partial charge is 0.358 e. The first-order valence-electron chi connectivity index (χ1n) is 5.86. The predicted molar refractivity (Wildman–Crippen MR) is 88.7 cm³/mol. The van der Waals surface area contributed by atoms with Gasteiger partial charge in [-0.15, -0.1) is 0 Å². The SMILES string of the molecule is O=C1CSSCC(O)(O)C(=O)N[C@@H](CS)C(=O)N[C@H]1CS. The number of ketones is 1. The van der Waals surface area contributed by atoms with Gasteiger partial charge in [0.25, 0.3) is 11.7 Å². The number of aliphatic hydroxyl groups is 2. The van der Waals surface area contributed by atoms with Gasteiger partial charge < -0.3 is 20.8 Å². The minimum absolute atomic E-state index is 0.0526. The molecule has 1 heterocycles. The smallest absolute Gasteiger partial charge is 0.281 e. The molecule has 1 fully saturated rings. The lowest BCUT2D eigenvalue weighted by atomic mass is 10.2. The van der Waals surface area contributed by atoms with Crippen LogP contribution in [0.25, 0.3) is 0 Å². The van der Waals surface area contributed by atoms with Crippen molar-refractivity contribution in [2.75, 3.05) is 23.0 Å². The maximum atomic E-state index is 12.0. The number of nitrogens with one attached hydrogen (secondary N) is 2. The summed E-state index contributed by atoms with van der Waals surface area (Å²) >= 11 is 7.97. The fourth-order valence-electron chi connectivity index (χ4n) is 1.36. The van der Waals surface area contributed by atoms with Crippen LogP contribution in [0.5, 0.6) is 0 Å². The molecule has 1 saturated heterocycles. The van der Waals surface area contributed by atoms with Crippen molar-refractivity contribution in [2.45, 2.75) is 17.9 Å². The van der Waals surface area contributed by atoms with Crippen molar-refractivity contribution in [3.05, 3.63) is 0 Å². The Morgan fingerprint density at radius 1 is 1.10 bits per heavy atom. The van der Waals surface area contributed by atoms with Crippen molar-refractivity contribution in [3.63, 3.8) is 0 Å². The summed E-state index contributed by atoms with van der Waals surface area (Å²) in [7, 11) is 2.06. The molecule has 0 aromatic heterocycles. The van der Waals surface area contributed by atoms with Crippen molar-refractivity contribution >= 4 is 64.4 Å². The molecule has 0 radical (unpaired) electrons. The molecule has 0 aromatic carbocycles. The van der Waals surface area contributed by atoms with E-state index >= 15 is 0 Å². The molecule has 0 aliphatic carbocycles. The van der Waals surface area contributed by atoms with Crippen LogP contribution in [0.15, 0.2) is 0 Å². The zero-order valence-electron chi connectivity index (χ0n) is 10.8. The van der Waals surface area contributed by atoms with E-state index < -0.39 is 29.7 Å². The summed E-state index contributed by atoms with van der Waals surface area (Å²) in [4.78, 5) is 35.6. The zero-order chi connectivity index (χ0) is 16.0. The van der Waals surface area contributed by atoms with Gasteiger partial charge in [0.1, 0.15) is 6.04 Å². The van der Waals surface area contributed by atoms with Gasteiger partial charge in [-0.2, -0.15) is 25.3 Å². The quantitative estimate of drug-likeness (QED) is 0.198. The normalized spacial score (nSPS) is 28.1. The molecule has 11 heteroatoms. The minimum atomic E-state index is -2.62. The fraction of sp³-hybridized carbons (Fsp3) is 0.700. The van der Waals surface area contributed by atoms with E-state index in [1.165, 1.54) is 0 Å². The highest BCUT2D eigenvalue weighted by atomic mass is 33.1. The maximum absolute atomic E-state index is 12.0. The van der Waals surface area contributed by atoms with Crippen LogP contribution >= 0.6 is 46.8 Å². The van der Waals surface area contributed by atoms with Crippen molar-refractivity contribution < 1.29 is 24.6 Å². The maximum Gasteiger partial charge on any atom is 0.281 e. The number of carbonyl (C=O) groups is 3. The topological polar surface area (TPSA) is 116 Å². The molecule has 0 saturated carbocycles. The third kappa shape index (κ3) is 5.57. The number of amides is 2. The summed E-state index contributed by atoms with van der Waals surface area (Å²) in [5.41, 5.74) is 0. The van der Waals surface area contributed by atoms with Gasteiger partial charge in [0.2, 0.25) is 5.91 Å². The molecule has 1 aliphatic rings. The Morgan fingerprint density at radius 3 is 2.29 bits per heavy atom. The third-order valence-corrected chi connectivity index (χ3v) is 5.63. The van der Waals surface area contributed by atoms with Crippen LogP contribution in [-0.4, -0.2) is 68.7 Å². The van der Waals surface area contributed by atoms with Gasteiger partial charge in [0.05, 0.1) is 17.5 Å². The molecule has 120 valence electrons. The minimum Gasteiger partial charge on any atom is -0.358 e. The molecule has 2 atom stereocenters. The summed E-state index contributed by atoms with van der Waals surface area (Å²) in [5, 5.41) is 24.0. The molecular formula is C10H16N2O5S4. The van der Waals surface area contributed by atoms with Crippen LogP contribution in [0.4, 0.5) is 0 Å². The van der Waals surface area contributed by atoms with E-state index in [1.807, 2.05) is 0 Å². The molecule has 21 heavy (non-hydrogen) atoms. The average Bonchev–Trinajstić information content (AvgIpc) is 2.44. The number of hydrogen-bond donors (Lipinski definition) is 6. The Kier molecular flexibility index (Phi) is 7.71. The first-order valence-corrected chi connectivity index (χ1v) is 9.62. The first kappa shape index (κ1) is 19.0. The Labute approximate surface area is 140 Å². The second kappa shape index (κ2) is 8.53. The van der Waals surface area contributed by atoms with Crippen molar-refractivity contribution in [1.29, 1.82) is 0 Å². The lowest BCUT2D eigenvalue weighted by Crippen LogP contribution is -2.58. The van der Waals surface area contributed by atoms with Gasteiger partial charge in [-0.05, 0) is 0 Å². The van der Waals surface area contributed by atoms with Crippen LogP contribution in [0.2, 0.25) is 0 Å². The lowest BCUT2D eigenvalue weighted by Gasteiger charge is -2.26. The summed E-state index contributed by atoms with van der Waals surface area (Å²) < 4.78 is 0. The van der Waals surface area contributed by atoms with Crippen molar-refractivity contribution in [3.8, 4) is 0 Å². The standard InChI is InChI=1S/C10H16N2O5S4/c13-7-3-20-21-4-10(16,17)9(15)12-6(2-19)8(14)11-5(7)1-18/h5-6,16-19H,1-4H2,(H,11,14)(H,12,15)/t5-,6-/m0/s1. The number of Topliss-reactive ketones (excluding diaryl/α,β-unsaturated/α-hetero) is 1. The molecule has 7 nitrogen and oxygen atoms in total. The summed E-state index contributed by atoms with van der Waals surface area (Å²) in [5.74, 6) is -4.76. The molecule has 0 aromatic rings. The zero-order valence-corrected chi connectivity index (χ0v) is 14.2. The molecule has 2 amide bonds. The number of thiol groups is 2. The second-order valence-corrected chi connectivity index (χ2v) is 7.45. The van der Waals surface area contributed by atoms with Gasteiger partial charge in [0.15, 0.2) is 5.78 Å². The van der Waals surface area contributed by atoms with E-state index in [-0.39, 0.29) is 28.8 Å². The van der Waals surface area contributed by atoms with Crippen LogP contribution < -0.4 is 10.6 Å². The molecule has 1 aliphatic heterocycles. The molecule has 0 unspecified atom stereocenters. The van der Waals surface area contributed by atoms with Crippen LogP contribution in [0, 0.1) is 0 Å². The number of carbonyl (C=O) groups excluding carboxylic acids is 3. The Bertz CT molecular complexity index is 420. The third-order valence-electron chi connectivity index (χ3n) is 2.60. The molecule has 4 N–H and O–H groups in total.